The summed E-state index contributed by atoms with van der Waals surface area (Å²) in [5, 5.41) is 0. The maximum absolute atomic E-state index is 13.2. The van der Waals surface area contributed by atoms with E-state index < -0.39 is 5.41 Å². The van der Waals surface area contributed by atoms with Crippen LogP contribution in [0.15, 0.2) is 70.7 Å². The molecule has 0 bridgehead atoms. The van der Waals surface area contributed by atoms with Crippen molar-refractivity contribution in [2.24, 2.45) is 10.4 Å². The fraction of sp³-hybridized carbons (Fsp3) is 0.227. The summed E-state index contributed by atoms with van der Waals surface area (Å²) < 4.78 is 0. The first kappa shape index (κ1) is 15.7. The number of Topliss-reactive ketones (excluding diaryl/α,β-unsaturated/α-hetero) is 1. The molecule has 0 unspecified atom stereocenters. The molecule has 1 amide bonds. The topological polar surface area (TPSA) is 46.5 Å². The largest absolute Gasteiger partial charge is 0.289 e. The highest BCUT2D eigenvalue weighted by Crippen LogP contribution is 2.44. The van der Waals surface area contributed by atoms with E-state index in [0.29, 0.717) is 17.7 Å². The summed E-state index contributed by atoms with van der Waals surface area (Å²) in [4.78, 5) is 29.9. The third kappa shape index (κ3) is 2.39. The van der Waals surface area contributed by atoms with Gasteiger partial charge >= 0.3 is 0 Å². The molecule has 1 aliphatic carbocycles. The molecule has 2 aromatic carbocycles. The predicted octanol–water partition coefficient (Wildman–Crippen LogP) is 4.17. The van der Waals surface area contributed by atoms with Gasteiger partial charge in [0.2, 0.25) is 0 Å². The average molecular weight is 329 g/mol. The molecule has 0 saturated heterocycles. The van der Waals surface area contributed by atoms with E-state index in [9.17, 15) is 9.59 Å². The summed E-state index contributed by atoms with van der Waals surface area (Å²) in [7, 11) is 0. The number of hydrogen-bond acceptors (Lipinski definition) is 2. The molecule has 0 fully saturated rings. The second kappa shape index (κ2) is 5.62. The number of carbonyl (C=O) groups is 2. The first-order valence-electron chi connectivity index (χ1n) is 8.55. The van der Waals surface area contributed by atoms with Crippen molar-refractivity contribution in [3.05, 3.63) is 82.4 Å². The number of ketones is 1. The van der Waals surface area contributed by atoms with Gasteiger partial charge in [0.05, 0.1) is 11.1 Å². The predicted molar refractivity (Wildman–Crippen MR) is 97.9 cm³/mol. The Bertz CT molecular complexity index is 949. The first-order valence-corrected chi connectivity index (χ1v) is 8.55. The number of amides is 1. The zero-order valence-corrected chi connectivity index (χ0v) is 14.4. The lowest BCUT2D eigenvalue weighted by Crippen LogP contribution is -2.29. The molecule has 1 heterocycles. The number of hydrogen-bond donors (Lipinski definition) is 0. The average Bonchev–Trinajstić information content (AvgIpc) is 2.86. The second-order valence-corrected chi connectivity index (χ2v) is 7.10. The van der Waals surface area contributed by atoms with Crippen LogP contribution >= 0.6 is 0 Å². The standard InChI is InChI=1S/C22H19NO2/c1-22(2)18-17(13-12-14-8-4-3-5-9-14)20(24)16-11-7-6-10-15(16)19(18)23-21(22)25/h3-11H,12-13H2,1-2H3. The first-order chi connectivity index (χ1) is 12.0. The Labute approximate surface area is 147 Å². The van der Waals surface area contributed by atoms with Gasteiger partial charge in [-0.05, 0) is 32.3 Å². The summed E-state index contributed by atoms with van der Waals surface area (Å²) in [5.74, 6) is -0.137. The molecule has 2 aliphatic rings. The molecule has 3 nitrogen and oxygen atoms in total. The number of fused-ring (bicyclic) bond motifs is 3. The molecule has 4 rings (SSSR count). The number of benzene rings is 2. The third-order valence-electron chi connectivity index (χ3n) is 5.12. The minimum atomic E-state index is -0.745. The number of aryl methyl sites for hydroxylation is 1. The van der Waals surface area contributed by atoms with Crippen molar-refractivity contribution in [2.45, 2.75) is 26.7 Å². The molecule has 124 valence electrons. The number of allylic oxidation sites excluding steroid dienone is 1. The molecule has 0 saturated carbocycles. The molecule has 25 heavy (non-hydrogen) atoms. The Morgan fingerprint density at radius 2 is 1.48 bits per heavy atom. The van der Waals surface area contributed by atoms with E-state index in [2.05, 4.69) is 17.1 Å². The molecular weight excluding hydrogens is 310 g/mol. The monoisotopic (exact) mass is 329 g/mol. The van der Waals surface area contributed by atoms with Crippen LogP contribution in [-0.2, 0) is 11.2 Å². The molecular formula is C22H19NO2. The van der Waals surface area contributed by atoms with Crippen molar-refractivity contribution in [3.63, 3.8) is 0 Å². The lowest BCUT2D eigenvalue weighted by molar-refractivity contribution is -0.123. The summed E-state index contributed by atoms with van der Waals surface area (Å²) in [6.45, 7) is 3.73. The third-order valence-corrected chi connectivity index (χ3v) is 5.12. The van der Waals surface area contributed by atoms with Gasteiger partial charge in [-0.3, -0.25) is 9.59 Å². The smallest absolute Gasteiger partial charge is 0.256 e. The van der Waals surface area contributed by atoms with Crippen LogP contribution in [0.3, 0.4) is 0 Å². The molecule has 2 aromatic rings. The summed E-state index contributed by atoms with van der Waals surface area (Å²) in [6.07, 6.45) is 1.38. The van der Waals surface area contributed by atoms with E-state index in [1.54, 1.807) is 0 Å². The Morgan fingerprint density at radius 1 is 0.840 bits per heavy atom. The van der Waals surface area contributed by atoms with E-state index in [1.165, 1.54) is 5.56 Å². The van der Waals surface area contributed by atoms with E-state index in [4.69, 9.17) is 0 Å². The molecule has 0 aromatic heterocycles. The van der Waals surface area contributed by atoms with Crippen LogP contribution in [0.5, 0.6) is 0 Å². The van der Waals surface area contributed by atoms with Gasteiger partial charge in [0.25, 0.3) is 5.91 Å². The Morgan fingerprint density at radius 3 is 2.20 bits per heavy atom. The van der Waals surface area contributed by atoms with Crippen molar-refractivity contribution in [1.82, 2.24) is 0 Å². The van der Waals surface area contributed by atoms with E-state index >= 15 is 0 Å². The van der Waals surface area contributed by atoms with Gasteiger partial charge < -0.3 is 0 Å². The maximum atomic E-state index is 13.2. The van der Waals surface area contributed by atoms with Gasteiger partial charge in [-0.1, -0.05) is 54.6 Å². The van der Waals surface area contributed by atoms with Gasteiger partial charge in [0, 0.05) is 22.3 Å². The van der Waals surface area contributed by atoms with E-state index in [-0.39, 0.29) is 11.7 Å². The van der Waals surface area contributed by atoms with Crippen LogP contribution in [0, 0.1) is 5.41 Å². The molecule has 3 heteroatoms. The van der Waals surface area contributed by atoms with E-state index in [1.807, 2.05) is 56.3 Å². The van der Waals surface area contributed by atoms with Gasteiger partial charge in [-0.2, -0.15) is 0 Å². The Hall–Kier alpha value is -2.81. The highest BCUT2D eigenvalue weighted by Gasteiger charge is 2.46. The number of aliphatic imine (C=N–C) groups is 1. The molecule has 0 atom stereocenters. The lowest BCUT2D eigenvalue weighted by atomic mass is 9.72. The molecule has 0 N–H and O–H groups in total. The van der Waals surface area contributed by atoms with Crippen LogP contribution in [0.4, 0.5) is 0 Å². The minimum Gasteiger partial charge on any atom is -0.289 e. The summed E-state index contributed by atoms with van der Waals surface area (Å²) in [6, 6.07) is 17.6. The van der Waals surface area contributed by atoms with Crippen LogP contribution in [-0.4, -0.2) is 17.4 Å². The Kier molecular flexibility index (Phi) is 3.53. The normalized spacial score (nSPS) is 18.1. The van der Waals surface area contributed by atoms with Crippen molar-refractivity contribution >= 4 is 17.4 Å². The fourth-order valence-corrected chi connectivity index (χ4v) is 3.73. The highest BCUT2D eigenvalue weighted by atomic mass is 16.2. The summed E-state index contributed by atoms with van der Waals surface area (Å²) in [5.41, 5.74) is 4.11. The Balaban J connectivity index is 1.83. The fourth-order valence-electron chi connectivity index (χ4n) is 3.73. The highest BCUT2D eigenvalue weighted by molar-refractivity contribution is 6.34. The van der Waals surface area contributed by atoms with Gasteiger partial charge in [0.1, 0.15) is 0 Å². The number of nitrogens with zero attached hydrogens (tertiary/aromatic N) is 1. The van der Waals surface area contributed by atoms with Crippen molar-refractivity contribution in [1.29, 1.82) is 0 Å². The van der Waals surface area contributed by atoms with Crippen LogP contribution in [0.1, 0.15) is 41.8 Å². The van der Waals surface area contributed by atoms with Gasteiger partial charge in [-0.25, -0.2) is 4.99 Å². The van der Waals surface area contributed by atoms with Crippen molar-refractivity contribution in [2.75, 3.05) is 0 Å². The summed E-state index contributed by atoms with van der Waals surface area (Å²) >= 11 is 0. The number of rotatable bonds is 3. The molecule has 1 aliphatic heterocycles. The van der Waals surface area contributed by atoms with E-state index in [0.717, 1.165) is 23.1 Å². The number of carbonyl (C=O) groups excluding carboxylic acids is 2. The van der Waals surface area contributed by atoms with Crippen molar-refractivity contribution < 1.29 is 9.59 Å². The second-order valence-electron chi connectivity index (χ2n) is 7.10. The maximum Gasteiger partial charge on any atom is 0.256 e. The van der Waals surface area contributed by atoms with Crippen LogP contribution < -0.4 is 0 Å². The zero-order valence-electron chi connectivity index (χ0n) is 14.4. The minimum absolute atomic E-state index is 0.0308. The quantitative estimate of drug-likeness (QED) is 0.848. The molecule has 0 radical (unpaired) electrons. The van der Waals surface area contributed by atoms with Crippen molar-refractivity contribution in [3.8, 4) is 0 Å². The van der Waals surface area contributed by atoms with Crippen LogP contribution in [0.2, 0.25) is 0 Å². The van der Waals surface area contributed by atoms with Gasteiger partial charge in [-0.15, -0.1) is 0 Å². The molecule has 0 spiro atoms. The SMILES string of the molecule is CC1(C)C(=O)N=C2C1=C(CCc1ccccc1)C(=O)c1ccccc12. The van der Waals surface area contributed by atoms with Crippen LogP contribution in [0.25, 0.3) is 0 Å². The lowest BCUT2D eigenvalue weighted by Gasteiger charge is -2.27. The van der Waals surface area contributed by atoms with Gasteiger partial charge in [0.15, 0.2) is 5.78 Å². The zero-order chi connectivity index (χ0) is 17.6.